The van der Waals surface area contributed by atoms with E-state index in [1.54, 1.807) is 0 Å². The highest BCUT2D eigenvalue weighted by atomic mass is 35.5. The molecule has 0 heterocycles. The lowest BCUT2D eigenvalue weighted by molar-refractivity contribution is 0.742. The molecule has 0 fully saturated rings. The Balaban J connectivity index is 2.77. The second-order valence-corrected chi connectivity index (χ2v) is 3.57. The van der Waals surface area contributed by atoms with Crippen LogP contribution in [0.1, 0.15) is 25.3 Å². The standard InChI is InChI=1S/C10H13Cl/c1-8(9(2)11)10-6-4-3-5-7-10/h3-9H,1-2H3. The molecule has 1 rings (SSSR count). The monoisotopic (exact) mass is 168 g/mol. The summed E-state index contributed by atoms with van der Waals surface area (Å²) in [4.78, 5) is 0. The maximum absolute atomic E-state index is 5.96. The highest BCUT2D eigenvalue weighted by molar-refractivity contribution is 6.20. The molecule has 11 heavy (non-hydrogen) atoms. The quantitative estimate of drug-likeness (QED) is 0.594. The molecule has 0 N–H and O–H groups in total. The minimum absolute atomic E-state index is 0.206. The maximum Gasteiger partial charge on any atom is 0.0373 e. The molecular formula is C10H13Cl. The van der Waals surface area contributed by atoms with Gasteiger partial charge >= 0.3 is 0 Å². The summed E-state index contributed by atoms with van der Waals surface area (Å²) < 4.78 is 0. The summed E-state index contributed by atoms with van der Waals surface area (Å²) >= 11 is 5.96. The van der Waals surface area contributed by atoms with Crippen LogP contribution in [-0.4, -0.2) is 5.38 Å². The van der Waals surface area contributed by atoms with E-state index in [2.05, 4.69) is 19.1 Å². The second kappa shape index (κ2) is 3.77. The zero-order valence-electron chi connectivity index (χ0n) is 6.92. The number of benzene rings is 1. The second-order valence-electron chi connectivity index (χ2n) is 2.88. The Morgan fingerprint density at radius 2 is 1.64 bits per heavy atom. The van der Waals surface area contributed by atoms with Gasteiger partial charge < -0.3 is 0 Å². The molecule has 0 saturated heterocycles. The van der Waals surface area contributed by atoms with Crippen LogP contribution in [0.25, 0.3) is 0 Å². The summed E-state index contributed by atoms with van der Waals surface area (Å²) in [6.07, 6.45) is 0. The summed E-state index contributed by atoms with van der Waals surface area (Å²) in [6.45, 7) is 4.17. The summed E-state index contributed by atoms with van der Waals surface area (Å²) in [6, 6.07) is 10.3. The molecule has 60 valence electrons. The topological polar surface area (TPSA) is 0 Å². The molecular weight excluding hydrogens is 156 g/mol. The SMILES string of the molecule is CC(Cl)C(C)c1ccccc1. The minimum atomic E-state index is 0.206. The van der Waals surface area contributed by atoms with Gasteiger partial charge in [-0.2, -0.15) is 0 Å². The van der Waals surface area contributed by atoms with Crippen LogP contribution in [0.2, 0.25) is 0 Å². The summed E-state index contributed by atoms with van der Waals surface area (Å²) in [5.41, 5.74) is 1.31. The highest BCUT2D eigenvalue weighted by Crippen LogP contribution is 2.21. The third-order valence-electron chi connectivity index (χ3n) is 2.01. The average Bonchev–Trinajstić information content (AvgIpc) is 2.05. The summed E-state index contributed by atoms with van der Waals surface area (Å²) in [7, 11) is 0. The van der Waals surface area contributed by atoms with Crippen molar-refractivity contribution in [3.05, 3.63) is 35.9 Å². The molecule has 1 aromatic rings. The van der Waals surface area contributed by atoms with Crippen molar-refractivity contribution in [1.29, 1.82) is 0 Å². The van der Waals surface area contributed by atoms with Gasteiger partial charge in [0.05, 0.1) is 0 Å². The Morgan fingerprint density at radius 3 is 2.09 bits per heavy atom. The van der Waals surface area contributed by atoms with Gasteiger partial charge in [-0.05, 0) is 18.4 Å². The Morgan fingerprint density at radius 1 is 1.09 bits per heavy atom. The van der Waals surface area contributed by atoms with E-state index in [1.807, 2.05) is 25.1 Å². The Bertz CT molecular complexity index is 203. The van der Waals surface area contributed by atoms with Gasteiger partial charge in [0.2, 0.25) is 0 Å². The molecule has 0 aliphatic rings. The number of alkyl halides is 1. The van der Waals surface area contributed by atoms with Crippen LogP contribution in [0.4, 0.5) is 0 Å². The largest absolute Gasteiger partial charge is 0.123 e. The van der Waals surface area contributed by atoms with Gasteiger partial charge in [-0.15, -0.1) is 11.6 Å². The summed E-state index contributed by atoms with van der Waals surface area (Å²) in [5, 5.41) is 0.206. The zero-order chi connectivity index (χ0) is 8.27. The van der Waals surface area contributed by atoms with E-state index < -0.39 is 0 Å². The Kier molecular flexibility index (Phi) is 2.95. The van der Waals surface area contributed by atoms with Crippen molar-refractivity contribution in [2.24, 2.45) is 0 Å². The molecule has 0 radical (unpaired) electrons. The highest BCUT2D eigenvalue weighted by Gasteiger charge is 2.09. The molecule has 0 spiro atoms. The molecule has 0 amide bonds. The number of hydrogen-bond donors (Lipinski definition) is 0. The molecule has 2 atom stereocenters. The lowest BCUT2D eigenvalue weighted by Gasteiger charge is -2.13. The molecule has 0 aromatic heterocycles. The van der Waals surface area contributed by atoms with E-state index in [-0.39, 0.29) is 5.38 Å². The normalized spacial score (nSPS) is 15.9. The van der Waals surface area contributed by atoms with Gasteiger partial charge in [0.15, 0.2) is 0 Å². The third-order valence-corrected chi connectivity index (χ3v) is 2.39. The Labute approximate surface area is 73.2 Å². The first kappa shape index (κ1) is 8.61. The number of halogens is 1. The predicted molar refractivity (Wildman–Crippen MR) is 50.2 cm³/mol. The van der Waals surface area contributed by atoms with E-state index >= 15 is 0 Å². The lowest BCUT2D eigenvalue weighted by Crippen LogP contribution is -2.04. The van der Waals surface area contributed by atoms with Crippen LogP contribution in [0.15, 0.2) is 30.3 Å². The molecule has 0 aliphatic carbocycles. The van der Waals surface area contributed by atoms with Gasteiger partial charge in [-0.1, -0.05) is 37.3 Å². The van der Waals surface area contributed by atoms with Crippen molar-refractivity contribution in [2.45, 2.75) is 25.1 Å². The molecule has 2 unspecified atom stereocenters. The third kappa shape index (κ3) is 2.23. The van der Waals surface area contributed by atoms with Crippen LogP contribution in [-0.2, 0) is 0 Å². The predicted octanol–water partition coefficient (Wildman–Crippen LogP) is 3.42. The fraction of sp³-hybridized carbons (Fsp3) is 0.400. The maximum atomic E-state index is 5.96. The molecule has 0 saturated carbocycles. The van der Waals surface area contributed by atoms with E-state index in [0.717, 1.165) is 0 Å². The van der Waals surface area contributed by atoms with Crippen molar-refractivity contribution in [3.8, 4) is 0 Å². The average molecular weight is 169 g/mol. The van der Waals surface area contributed by atoms with Crippen LogP contribution in [0.3, 0.4) is 0 Å². The van der Waals surface area contributed by atoms with Crippen molar-refractivity contribution < 1.29 is 0 Å². The first-order chi connectivity index (χ1) is 5.22. The summed E-state index contributed by atoms with van der Waals surface area (Å²) in [5.74, 6) is 0.442. The molecule has 0 bridgehead atoms. The van der Waals surface area contributed by atoms with E-state index in [9.17, 15) is 0 Å². The van der Waals surface area contributed by atoms with Gasteiger partial charge in [0.25, 0.3) is 0 Å². The number of hydrogen-bond acceptors (Lipinski definition) is 0. The van der Waals surface area contributed by atoms with E-state index in [1.165, 1.54) is 5.56 Å². The van der Waals surface area contributed by atoms with Gasteiger partial charge in [-0.3, -0.25) is 0 Å². The van der Waals surface area contributed by atoms with Gasteiger partial charge in [0, 0.05) is 5.38 Å². The molecule has 1 heteroatoms. The van der Waals surface area contributed by atoms with Gasteiger partial charge in [0.1, 0.15) is 0 Å². The smallest absolute Gasteiger partial charge is 0.0373 e. The van der Waals surface area contributed by atoms with E-state index in [4.69, 9.17) is 11.6 Å². The van der Waals surface area contributed by atoms with Crippen LogP contribution >= 0.6 is 11.6 Å². The number of rotatable bonds is 2. The fourth-order valence-electron chi connectivity index (χ4n) is 1.02. The zero-order valence-corrected chi connectivity index (χ0v) is 7.68. The van der Waals surface area contributed by atoms with Crippen LogP contribution in [0.5, 0.6) is 0 Å². The lowest BCUT2D eigenvalue weighted by atomic mass is 9.99. The molecule has 0 nitrogen and oxygen atoms in total. The van der Waals surface area contributed by atoms with Crippen LogP contribution in [0, 0.1) is 0 Å². The minimum Gasteiger partial charge on any atom is -0.123 e. The first-order valence-electron chi connectivity index (χ1n) is 3.91. The van der Waals surface area contributed by atoms with Crippen molar-refractivity contribution >= 4 is 11.6 Å². The van der Waals surface area contributed by atoms with Gasteiger partial charge in [-0.25, -0.2) is 0 Å². The first-order valence-corrected chi connectivity index (χ1v) is 4.34. The fourth-order valence-corrected chi connectivity index (χ4v) is 1.17. The van der Waals surface area contributed by atoms with Crippen molar-refractivity contribution in [2.75, 3.05) is 0 Å². The molecule has 0 aliphatic heterocycles. The molecule has 1 aromatic carbocycles. The van der Waals surface area contributed by atoms with Crippen molar-refractivity contribution in [3.63, 3.8) is 0 Å². The van der Waals surface area contributed by atoms with Crippen molar-refractivity contribution in [1.82, 2.24) is 0 Å². The van der Waals surface area contributed by atoms with E-state index in [0.29, 0.717) is 5.92 Å². The Hall–Kier alpha value is -0.490. The van der Waals surface area contributed by atoms with Crippen LogP contribution < -0.4 is 0 Å².